The molecule has 1 atom stereocenters. The smallest absolute Gasteiger partial charge is 0.164 e. The van der Waals surface area contributed by atoms with Gasteiger partial charge < -0.3 is 5.32 Å². The molecular weight excluding hydrogens is 232 g/mol. The monoisotopic (exact) mass is 247 g/mol. The van der Waals surface area contributed by atoms with E-state index in [2.05, 4.69) is 5.32 Å². The van der Waals surface area contributed by atoms with E-state index in [0.717, 1.165) is 17.3 Å². The summed E-state index contributed by atoms with van der Waals surface area (Å²) in [5.41, 5.74) is 2.33. The number of aryl methyl sites for hydroxylation is 1. The van der Waals surface area contributed by atoms with Crippen LogP contribution in [-0.2, 0) is 0 Å². The van der Waals surface area contributed by atoms with Crippen molar-refractivity contribution in [3.8, 4) is 0 Å². The van der Waals surface area contributed by atoms with Crippen LogP contribution in [0, 0.1) is 18.6 Å². The van der Waals surface area contributed by atoms with E-state index in [1.54, 1.807) is 6.07 Å². The van der Waals surface area contributed by atoms with E-state index in [1.165, 1.54) is 6.07 Å². The number of rotatable bonds is 3. The van der Waals surface area contributed by atoms with Gasteiger partial charge in [0.15, 0.2) is 11.6 Å². The fraction of sp³-hybridized carbons (Fsp3) is 0.200. The lowest BCUT2D eigenvalue weighted by atomic mass is 10.1. The fourth-order valence-corrected chi connectivity index (χ4v) is 1.90. The molecule has 0 bridgehead atoms. The molecule has 0 saturated heterocycles. The molecule has 3 heteroatoms. The standard InChI is InChI=1S/C15H15F2N/c1-10-6-3-4-9-14(10)18-11(2)12-7-5-8-13(16)15(12)17/h3-9,11,18H,1-2H3. The third-order valence-corrected chi connectivity index (χ3v) is 2.97. The Kier molecular flexibility index (Phi) is 3.60. The average molecular weight is 247 g/mol. The lowest BCUT2D eigenvalue weighted by Gasteiger charge is -2.18. The molecule has 0 amide bonds. The number of benzene rings is 2. The number of hydrogen-bond acceptors (Lipinski definition) is 1. The summed E-state index contributed by atoms with van der Waals surface area (Å²) in [6, 6.07) is 11.7. The number of hydrogen-bond donors (Lipinski definition) is 1. The van der Waals surface area contributed by atoms with Gasteiger partial charge in [0.05, 0.1) is 6.04 Å². The van der Waals surface area contributed by atoms with Gasteiger partial charge in [-0.25, -0.2) is 8.78 Å². The highest BCUT2D eigenvalue weighted by Crippen LogP contribution is 2.24. The van der Waals surface area contributed by atoms with Gasteiger partial charge >= 0.3 is 0 Å². The van der Waals surface area contributed by atoms with Gasteiger partial charge in [-0.2, -0.15) is 0 Å². The lowest BCUT2D eigenvalue weighted by Crippen LogP contribution is -2.10. The first-order valence-electron chi connectivity index (χ1n) is 5.85. The minimum atomic E-state index is -0.814. The van der Waals surface area contributed by atoms with Crippen LogP contribution in [0.1, 0.15) is 24.1 Å². The molecule has 1 unspecified atom stereocenters. The van der Waals surface area contributed by atoms with Gasteiger partial charge in [0.2, 0.25) is 0 Å². The maximum atomic E-state index is 13.6. The zero-order chi connectivity index (χ0) is 13.1. The van der Waals surface area contributed by atoms with Gasteiger partial charge in [-0.15, -0.1) is 0 Å². The summed E-state index contributed by atoms with van der Waals surface area (Å²) in [7, 11) is 0. The van der Waals surface area contributed by atoms with Crippen LogP contribution in [0.3, 0.4) is 0 Å². The molecule has 0 saturated carbocycles. The maximum Gasteiger partial charge on any atom is 0.164 e. The Morgan fingerprint density at radius 2 is 1.72 bits per heavy atom. The number of nitrogens with one attached hydrogen (secondary N) is 1. The molecule has 0 radical (unpaired) electrons. The molecule has 94 valence electrons. The van der Waals surface area contributed by atoms with Crippen molar-refractivity contribution in [1.29, 1.82) is 0 Å². The molecule has 0 aliphatic carbocycles. The molecule has 0 fully saturated rings. The molecule has 0 heterocycles. The fourth-order valence-electron chi connectivity index (χ4n) is 1.90. The summed E-state index contributed by atoms with van der Waals surface area (Å²) in [6.07, 6.45) is 0. The van der Waals surface area contributed by atoms with Crippen LogP contribution in [0.15, 0.2) is 42.5 Å². The topological polar surface area (TPSA) is 12.0 Å². The Bertz CT molecular complexity index is 552. The lowest BCUT2D eigenvalue weighted by molar-refractivity contribution is 0.494. The quantitative estimate of drug-likeness (QED) is 0.845. The van der Waals surface area contributed by atoms with Gasteiger partial charge in [-0.1, -0.05) is 30.3 Å². The zero-order valence-corrected chi connectivity index (χ0v) is 10.4. The largest absolute Gasteiger partial charge is 0.378 e. The summed E-state index contributed by atoms with van der Waals surface area (Å²) >= 11 is 0. The third-order valence-electron chi connectivity index (χ3n) is 2.97. The van der Waals surface area contributed by atoms with Gasteiger partial charge in [0.25, 0.3) is 0 Å². The highest BCUT2D eigenvalue weighted by Gasteiger charge is 2.14. The SMILES string of the molecule is Cc1ccccc1NC(C)c1cccc(F)c1F. The van der Waals surface area contributed by atoms with Gasteiger partial charge in [-0.05, 0) is 31.5 Å². The van der Waals surface area contributed by atoms with Crippen LogP contribution >= 0.6 is 0 Å². The van der Waals surface area contributed by atoms with Gasteiger partial charge in [0, 0.05) is 11.3 Å². The minimum absolute atomic E-state index is 0.290. The van der Waals surface area contributed by atoms with E-state index < -0.39 is 11.6 Å². The molecule has 0 aliphatic heterocycles. The first-order chi connectivity index (χ1) is 8.59. The molecule has 2 rings (SSSR count). The summed E-state index contributed by atoms with van der Waals surface area (Å²) in [4.78, 5) is 0. The van der Waals surface area contributed by atoms with E-state index in [0.29, 0.717) is 5.56 Å². The normalized spacial score (nSPS) is 12.2. The number of anilines is 1. The summed E-state index contributed by atoms with van der Waals surface area (Å²) in [5, 5.41) is 3.19. The van der Waals surface area contributed by atoms with Crippen molar-refractivity contribution in [1.82, 2.24) is 0 Å². The average Bonchev–Trinajstić information content (AvgIpc) is 2.35. The second kappa shape index (κ2) is 5.17. The summed E-state index contributed by atoms with van der Waals surface area (Å²) in [5.74, 6) is -1.60. The van der Waals surface area contributed by atoms with E-state index in [1.807, 2.05) is 38.1 Å². The van der Waals surface area contributed by atoms with Crippen LogP contribution in [0.2, 0.25) is 0 Å². The van der Waals surface area contributed by atoms with Crippen LogP contribution < -0.4 is 5.32 Å². The second-order valence-electron chi connectivity index (χ2n) is 4.32. The maximum absolute atomic E-state index is 13.6. The predicted octanol–water partition coefficient (Wildman–Crippen LogP) is 4.45. The molecule has 0 spiro atoms. The number of para-hydroxylation sites is 1. The minimum Gasteiger partial charge on any atom is -0.378 e. The van der Waals surface area contributed by atoms with Crippen molar-refractivity contribution in [2.75, 3.05) is 5.32 Å². The van der Waals surface area contributed by atoms with Crippen molar-refractivity contribution in [3.63, 3.8) is 0 Å². The molecule has 18 heavy (non-hydrogen) atoms. The Balaban J connectivity index is 2.25. The predicted molar refractivity (Wildman–Crippen MR) is 69.6 cm³/mol. The Morgan fingerprint density at radius 3 is 2.44 bits per heavy atom. The van der Waals surface area contributed by atoms with Crippen LogP contribution in [-0.4, -0.2) is 0 Å². The molecule has 1 nitrogen and oxygen atoms in total. The van der Waals surface area contributed by atoms with Crippen molar-refractivity contribution in [2.24, 2.45) is 0 Å². The van der Waals surface area contributed by atoms with Crippen molar-refractivity contribution >= 4 is 5.69 Å². The molecular formula is C15H15F2N. The van der Waals surface area contributed by atoms with E-state index in [-0.39, 0.29) is 6.04 Å². The van der Waals surface area contributed by atoms with Crippen molar-refractivity contribution < 1.29 is 8.78 Å². The van der Waals surface area contributed by atoms with Gasteiger partial charge in [-0.3, -0.25) is 0 Å². The highest BCUT2D eigenvalue weighted by atomic mass is 19.2. The highest BCUT2D eigenvalue weighted by molar-refractivity contribution is 5.51. The van der Waals surface area contributed by atoms with Crippen molar-refractivity contribution in [2.45, 2.75) is 19.9 Å². The van der Waals surface area contributed by atoms with Crippen molar-refractivity contribution in [3.05, 3.63) is 65.2 Å². The molecule has 2 aromatic carbocycles. The second-order valence-corrected chi connectivity index (χ2v) is 4.32. The Labute approximate surface area is 105 Å². The molecule has 0 aromatic heterocycles. The zero-order valence-electron chi connectivity index (χ0n) is 10.4. The van der Waals surface area contributed by atoms with Crippen LogP contribution in [0.4, 0.5) is 14.5 Å². The first kappa shape index (κ1) is 12.6. The van der Waals surface area contributed by atoms with E-state index in [4.69, 9.17) is 0 Å². The summed E-state index contributed by atoms with van der Waals surface area (Å²) in [6.45, 7) is 3.78. The van der Waals surface area contributed by atoms with E-state index in [9.17, 15) is 8.78 Å². The molecule has 2 aromatic rings. The Morgan fingerprint density at radius 1 is 1.00 bits per heavy atom. The molecule has 1 N–H and O–H groups in total. The third kappa shape index (κ3) is 2.50. The number of halogens is 2. The summed E-state index contributed by atoms with van der Waals surface area (Å²) < 4.78 is 26.8. The first-order valence-corrected chi connectivity index (χ1v) is 5.85. The molecule has 0 aliphatic rings. The van der Waals surface area contributed by atoms with Crippen LogP contribution in [0.5, 0.6) is 0 Å². The van der Waals surface area contributed by atoms with Crippen LogP contribution in [0.25, 0.3) is 0 Å². The van der Waals surface area contributed by atoms with E-state index >= 15 is 0 Å². The Hall–Kier alpha value is -1.90. The van der Waals surface area contributed by atoms with Gasteiger partial charge in [0.1, 0.15) is 0 Å².